The molecular weight excluding hydrogens is 434 g/mol. The molecule has 2 heterocycles. The van der Waals surface area contributed by atoms with Gasteiger partial charge < -0.3 is 9.47 Å². The van der Waals surface area contributed by atoms with Gasteiger partial charge in [-0.25, -0.2) is 4.98 Å². The zero-order valence-corrected chi connectivity index (χ0v) is 18.8. The van der Waals surface area contributed by atoms with E-state index in [2.05, 4.69) is 9.97 Å². The second kappa shape index (κ2) is 9.26. The number of carbonyl (C=O) groups is 1. The Bertz CT molecular complexity index is 1420. The van der Waals surface area contributed by atoms with Crippen LogP contribution in [0.15, 0.2) is 85.1 Å². The van der Waals surface area contributed by atoms with E-state index in [0.717, 1.165) is 32.4 Å². The van der Waals surface area contributed by atoms with Gasteiger partial charge in [0.25, 0.3) is 5.91 Å². The molecule has 0 spiro atoms. The zero-order chi connectivity index (χ0) is 22.6. The van der Waals surface area contributed by atoms with Gasteiger partial charge in [0.1, 0.15) is 11.5 Å². The number of amides is 1. The van der Waals surface area contributed by atoms with E-state index in [9.17, 15) is 4.79 Å². The minimum absolute atomic E-state index is 0.107. The molecule has 0 saturated carbocycles. The van der Waals surface area contributed by atoms with Crippen LogP contribution in [0.1, 0.15) is 5.69 Å². The summed E-state index contributed by atoms with van der Waals surface area (Å²) in [5, 5.41) is 2.78. The predicted molar refractivity (Wildman–Crippen MR) is 131 cm³/mol. The third-order valence-electron chi connectivity index (χ3n) is 5.25. The molecule has 0 atom stereocenters. The second-order valence-corrected chi connectivity index (χ2v) is 8.44. The minimum Gasteiger partial charge on any atom is -0.497 e. The molecule has 0 radical (unpaired) electrons. The van der Waals surface area contributed by atoms with Crippen LogP contribution in [0.4, 0.5) is 5.13 Å². The Morgan fingerprint density at radius 3 is 2.58 bits per heavy atom. The van der Waals surface area contributed by atoms with Crippen molar-refractivity contribution in [2.45, 2.75) is 6.54 Å². The summed E-state index contributed by atoms with van der Waals surface area (Å²) in [5.74, 6) is 1.20. The number of aromatic nitrogens is 2. The molecule has 164 valence electrons. The smallest absolute Gasteiger partial charge is 0.267 e. The van der Waals surface area contributed by atoms with Crippen molar-refractivity contribution in [2.24, 2.45) is 0 Å². The molecule has 0 fully saturated rings. The molecule has 33 heavy (non-hydrogen) atoms. The van der Waals surface area contributed by atoms with Crippen molar-refractivity contribution in [3.05, 3.63) is 90.8 Å². The molecule has 0 aliphatic carbocycles. The normalized spacial score (nSPS) is 10.9. The maximum Gasteiger partial charge on any atom is 0.267 e. The summed E-state index contributed by atoms with van der Waals surface area (Å²) >= 11 is 1.44. The molecule has 0 N–H and O–H groups in total. The quantitative estimate of drug-likeness (QED) is 0.326. The minimum atomic E-state index is -0.195. The van der Waals surface area contributed by atoms with Crippen LogP contribution in [-0.4, -0.2) is 29.6 Å². The van der Waals surface area contributed by atoms with Gasteiger partial charge in [-0.05, 0) is 53.2 Å². The van der Waals surface area contributed by atoms with Crippen LogP contribution in [0.5, 0.6) is 11.5 Å². The maximum atomic E-state index is 13.3. The average molecular weight is 456 g/mol. The Balaban J connectivity index is 1.41. The van der Waals surface area contributed by atoms with Crippen molar-refractivity contribution in [3.63, 3.8) is 0 Å². The summed E-state index contributed by atoms with van der Waals surface area (Å²) < 4.78 is 12.1. The molecule has 6 nitrogen and oxygen atoms in total. The lowest BCUT2D eigenvalue weighted by Crippen LogP contribution is -2.34. The average Bonchev–Trinajstić information content (AvgIpc) is 3.29. The van der Waals surface area contributed by atoms with Gasteiger partial charge in [0.15, 0.2) is 11.7 Å². The Morgan fingerprint density at radius 2 is 1.76 bits per heavy atom. The molecule has 0 saturated heterocycles. The highest BCUT2D eigenvalue weighted by molar-refractivity contribution is 7.22. The molecular formula is C26H21N3O3S. The standard InChI is InChI=1S/C26H21N3O3S/c1-31-21-11-12-23-24(15-21)33-26(28-23)29(16-20-8-4-5-13-27-20)25(30)17-32-22-10-9-18-6-2-3-7-19(18)14-22/h2-15H,16-17H2,1H3. The number of hydrogen-bond acceptors (Lipinski definition) is 6. The Labute approximate surface area is 195 Å². The molecule has 0 aliphatic heterocycles. The summed E-state index contributed by atoms with van der Waals surface area (Å²) in [4.78, 5) is 24.0. The van der Waals surface area contributed by atoms with Crippen molar-refractivity contribution in [1.82, 2.24) is 9.97 Å². The Hall–Kier alpha value is -3.97. The fourth-order valence-corrected chi connectivity index (χ4v) is 4.54. The molecule has 7 heteroatoms. The number of nitrogens with zero attached hydrogens (tertiary/aromatic N) is 3. The fraction of sp³-hybridized carbons (Fsp3) is 0.115. The summed E-state index contributed by atoms with van der Waals surface area (Å²) in [6, 6.07) is 25.2. The van der Waals surface area contributed by atoms with Crippen molar-refractivity contribution in [3.8, 4) is 11.5 Å². The Morgan fingerprint density at radius 1 is 0.939 bits per heavy atom. The molecule has 0 aliphatic rings. The van der Waals surface area contributed by atoms with E-state index >= 15 is 0 Å². The van der Waals surface area contributed by atoms with E-state index < -0.39 is 0 Å². The number of rotatable bonds is 7. The van der Waals surface area contributed by atoms with Crippen molar-refractivity contribution < 1.29 is 14.3 Å². The van der Waals surface area contributed by atoms with E-state index in [1.807, 2.05) is 78.9 Å². The van der Waals surface area contributed by atoms with Crippen LogP contribution in [0.2, 0.25) is 0 Å². The summed E-state index contributed by atoms with van der Waals surface area (Å²) in [7, 11) is 1.63. The van der Waals surface area contributed by atoms with E-state index in [-0.39, 0.29) is 12.5 Å². The van der Waals surface area contributed by atoms with Gasteiger partial charge in [-0.2, -0.15) is 0 Å². The van der Waals surface area contributed by atoms with Crippen LogP contribution in [0.25, 0.3) is 21.0 Å². The number of thiazole rings is 1. The lowest BCUT2D eigenvalue weighted by atomic mass is 10.1. The SMILES string of the molecule is COc1ccc2nc(N(Cc3ccccn3)C(=O)COc3ccc4ccccc4c3)sc2c1. The Kier molecular flexibility index (Phi) is 5.87. The topological polar surface area (TPSA) is 64.5 Å². The van der Waals surface area contributed by atoms with Gasteiger partial charge >= 0.3 is 0 Å². The van der Waals surface area contributed by atoms with Crippen LogP contribution >= 0.6 is 11.3 Å². The van der Waals surface area contributed by atoms with Gasteiger partial charge in [0, 0.05) is 6.20 Å². The number of carbonyl (C=O) groups excluding carboxylic acids is 1. The number of hydrogen-bond donors (Lipinski definition) is 0. The van der Waals surface area contributed by atoms with Crippen molar-refractivity contribution in [2.75, 3.05) is 18.6 Å². The number of methoxy groups -OCH3 is 1. The number of fused-ring (bicyclic) bond motifs is 2. The number of ether oxygens (including phenoxy) is 2. The van der Waals surface area contributed by atoms with Gasteiger partial charge in [0.2, 0.25) is 0 Å². The summed E-state index contributed by atoms with van der Waals surface area (Å²) in [6.45, 7) is 0.197. The number of anilines is 1. The molecule has 1 amide bonds. The first-order valence-electron chi connectivity index (χ1n) is 10.5. The third-order valence-corrected chi connectivity index (χ3v) is 6.29. The third kappa shape index (κ3) is 4.63. The molecule has 0 unspecified atom stereocenters. The van der Waals surface area contributed by atoms with E-state index in [4.69, 9.17) is 9.47 Å². The molecule has 5 rings (SSSR count). The van der Waals surface area contributed by atoms with Gasteiger partial charge in [-0.15, -0.1) is 0 Å². The van der Waals surface area contributed by atoms with Crippen LogP contribution in [0.3, 0.4) is 0 Å². The lowest BCUT2D eigenvalue weighted by molar-refractivity contribution is -0.120. The van der Waals surface area contributed by atoms with Crippen molar-refractivity contribution in [1.29, 1.82) is 0 Å². The van der Waals surface area contributed by atoms with Gasteiger partial charge in [-0.1, -0.05) is 47.7 Å². The van der Waals surface area contributed by atoms with E-state index in [1.54, 1.807) is 18.2 Å². The first-order chi connectivity index (χ1) is 16.2. The van der Waals surface area contributed by atoms with Crippen LogP contribution in [-0.2, 0) is 11.3 Å². The van der Waals surface area contributed by atoms with Gasteiger partial charge in [0.05, 0.1) is 29.6 Å². The van der Waals surface area contributed by atoms with E-state index in [1.165, 1.54) is 11.3 Å². The fourth-order valence-electron chi connectivity index (χ4n) is 3.53. The van der Waals surface area contributed by atoms with Crippen LogP contribution < -0.4 is 14.4 Å². The molecule has 3 aromatic carbocycles. The molecule has 2 aromatic heterocycles. The second-order valence-electron chi connectivity index (χ2n) is 7.43. The maximum absolute atomic E-state index is 13.3. The highest BCUT2D eigenvalue weighted by Gasteiger charge is 2.21. The lowest BCUT2D eigenvalue weighted by Gasteiger charge is -2.19. The first-order valence-corrected chi connectivity index (χ1v) is 11.3. The van der Waals surface area contributed by atoms with Crippen LogP contribution in [0, 0.1) is 0 Å². The summed E-state index contributed by atoms with van der Waals surface area (Å²) in [5.41, 5.74) is 1.58. The predicted octanol–water partition coefficient (Wildman–Crippen LogP) is 5.47. The number of benzene rings is 3. The van der Waals surface area contributed by atoms with E-state index in [0.29, 0.717) is 17.4 Å². The molecule has 5 aromatic rings. The van der Waals surface area contributed by atoms with Crippen molar-refractivity contribution >= 4 is 43.4 Å². The highest BCUT2D eigenvalue weighted by atomic mass is 32.1. The largest absolute Gasteiger partial charge is 0.497 e. The van der Waals surface area contributed by atoms with Gasteiger partial charge in [-0.3, -0.25) is 14.7 Å². The highest BCUT2D eigenvalue weighted by Crippen LogP contribution is 2.32. The summed E-state index contributed by atoms with van der Waals surface area (Å²) in [6.07, 6.45) is 1.72. The monoisotopic (exact) mass is 455 g/mol. The number of pyridine rings is 1. The first kappa shape index (κ1) is 20.9. The zero-order valence-electron chi connectivity index (χ0n) is 18.0. The molecule has 0 bridgehead atoms.